The molecule has 4 N–H and O–H groups in total. The van der Waals surface area contributed by atoms with E-state index < -0.39 is 0 Å². The van der Waals surface area contributed by atoms with Gasteiger partial charge in [-0.15, -0.1) is 0 Å². The average molecular weight is 298 g/mol. The molecular formula is C16H22N6. The van der Waals surface area contributed by atoms with Crippen LogP contribution in [0.1, 0.15) is 37.7 Å². The molecule has 2 heterocycles. The highest BCUT2D eigenvalue weighted by Crippen LogP contribution is 2.28. The molecule has 3 rings (SSSR count). The van der Waals surface area contributed by atoms with Crippen LogP contribution in [0.25, 0.3) is 0 Å². The van der Waals surface area contributed by atoms with E-state index >= 15 is 0 Å². The topological polar surface area (TPSA) is 88.8 Å². The lowest BCUT2D eigenvalue weighted by Gasteiger charge is -2.24. The van der Waals surface area contributed by atoms with E-state index in [4.69, 9.17) is 5.73 Å². The van der Waals surface area contributed by atoms with Gasteiger partial charge in [0, 0.05) is 12.2 Å². The molecule has 116 valence electrons. The Morgan fingerprint density at radius 3 is 2.59 bits per heavy atom. The fraction of sp³-hybridized carbons (Fsp3) is 0.438. The Labute approximate surface area is 130 Å². The van der Waals surface area contributed by atoms with Crippen LogP contribution in [0.3, 0.4) is 0 Å². The number of nitrogens with zero attached hydrogens (tertiary/aromatic N) is 3. The highest BCUT2D eigenvalue weighted by atomic mass is 15.1. The molecule has 1 aliphatic rings. The maximum absolute atomic E-state index is 6.22. The van der Waals surface area contributed by atoms with E-state index in [-0.39, 0.29) is 0 Å². The van der Waals surface area contributed by atoms with Crippen molar-refractivity contribution in [3.8, 4) is 0 Å². The Bertz CT molecular complexity index is 636. The zero-order valence-electron chi connectivity index (χ0n) is 12.8. The number of nitrogens with one attached hydrogen (secondary N) is 2. The summed E-state index contributed by atoms with van der Waals surface area (Å²) in [5.41, 5.74) is 7.80. The van der Waals surface area contributed by atoms with Crippen molar-refractivity contribution in [3.63, 3.8) is 0 Å². The van der Waals surface area contributed by atoms with Gasteiger partial charge in [0.25, 0.3) is 0 Å². The molecule has 0 radical (unpaired) electrons. The number of nitrogens with two attached hydrogens (primary N) is 1. The van der Waals surface area contributed by atoms with E-state index in [1.54, 1.807) is 6.20 Å². The number of rotatable bonds is 4. The Kier molecular flexibility index (Phi) is 4.37. The van der Waals surface area contributed by atoms with Gasteiger partial charge in [-0.2, -0.15) is 0 Å². The van der Waals surface area contributed by atoms with Crippen LogP contribution >= 0.6 is 0 Å². The molecule has 0 amide bonds. The van der Waals surface area contributed by atoms with Crippen LogP contribution < -0.4 is 16.4 Å². The smallest absolute Gasteiger partial charge is 0.160 e. The third-order valence-corrected chi connectivity index (χ3v) is 4.08. The van der Waals surface area contributed by atoms with Crippen molar-refractivity contribution in [2.45, 2.75) is 45.1 Å². The number of pyridine rings is 1. The van der Waals surface area contributed by atoms with Gasteiger partial charge in [0.15, 0.2) is 11.6 Å². The number of anilines is 4. The summed E-state index contributed by atoms with van der Waals surface area (Å²) in [7, 11) is 0. The first-order chi connectivity index (χ1) is 10.7. The molecule has 6 nitrogen and oxygen atoms in total. The first kappa shape index (κ1) is 14.6. The second-order valence-corrected chi connectivity index (χ2v) is 5.76. The van der Waals surface area contributed by atoms with E-state index in [0.29, 0.717) is 23.4 Å². The van der Waals surface area contributed by atoms with Crippen molar-refractivity contribution in [2.24, 2.45) is 0 Å². The summed E-state index contributed by atoms with van der Waals surface area (Å²) < 4.78 is 0. The first-order valence-electron chi connectivity index (χ1n) is 7.79. The fourth-order valence-corrected chi connectivity index (χ4v) is 2.78. The predicted octanol–water partition coefficient (Wildman–Crippen LogP) is 3.25. The molecule has 0 atom stereocenters. The highest BCUT2D eigenvalue weighted by molar-refractivity contribution is 5.77. The van der Waals surface area contributed by atoms with Crippen LogP contribution in [0.5, 0.6) is 0 Å². The number of nitrogen functional groups attached to an aromatic ring is 1. The maximum atomic E-state index is 6.22. The van der Waals surface area contributed by atoms with Gasteiger partial charge in [0.2, 0.25) is 0 Å². The molecule has 22 heavy (non-hydrogen) atoms. The van der Waals surface area contributed by atoms with Gasteiger partial charge in [0.1, 0.15) is 17.8 Å². The number of hydrogen-bond acceptors (Lipinski definition) is 6. The molecule has 0 bridgehead atoms. The van der Waals surface area contributed by atoms with Crippen molar-refractivity contribution >= 4 is 23.1 Å². The van der Waals surface area contributed by atoms with Crippen LogP contribution in [-0.2, 0) is 0 Å². The summed E-state index contributed by atoms with van der Waals surface area (Å²) in [6.07, 6.45) is 9.47. The SMILES string of the molecule is Cc1cccnc1Nc1ncnc(NC2CCCCC2)c1N. The molecule has 0 saturated heterocycles. The minimum absolute atomic E-state index is 0.454. The zero-order chi connectivity index (χ0) is 15.4. The Morgan fingerprint density at radius 1 is 1.05 bits per heavy atom. The van der Waals surface area contributed by atoms with E-state index in [9.17, 15) is 0 Å². The monoisotopic (exact) mass is 298 g/mol. The van der Waals surface area contributed by atoms with Crippen molar-refractivity contribution in [2.75, 3.05) is 16.4 Å². The Morgan fingerprint density at radius 2 is 1.82 bits per heavy atom. The Hall–Kier alpha value is -2.37. The molecule has 2 aromatic heterocycles. The summed E-state index contributed by atoms with van der Waals surface area (Å²) in [5.74, 6) is 2.06. The number of aromatic nitrogens is 3. The van der Waals surface area contributed by atoms with Gasteiger partial charge < -0.3 is 16.4 Å². The lowest BCUT2D eigenvalue weighted by Crippen LogP contribution is -2.23. The average Bonchev–Trinajstić information content (AvgIpc) is 2.54. The highest BCUT2D eigenvalue weighted by Gasteiger charge is 2.16. The molecule has 0 aromatic carbocycles. The van der Waals surface area contributed by atoms with Gasteiger partial charge in [-0.25, -0.2) is 15.0 Å². The summed E-state index contributed by atoms with van der Waals surface area (Å²) >= 11 is 0. The third kappa shape index (κ3) is 3.27. The molecule has 0 unspecified atom stereocenters. The van der Waals surface area contributed by atoms with Crippen LogP contribution in [0.15, 0.2) is 24.7 Å². The van der Waals surface area contributed by atoms with E-state index in [1.165, 1.54) is 38.4 Å². The third-order valence-electron chi connectivity index (χ3n) is 4.08. The van der Waals surface area contributed by atoms with Gasteiger partial charge in [-0.1, -0.05) is 25.3 Å². The number of hydrogen-bond donors (Lipinski definition) is 3. The molecule has 1 fully saturated rings. The summed E-state index contributed by atoms with van der Waals surface area (Å²) in [6.45, 7) is 1.99. The van der Waals surface area contributed by atoms with Crippen LogP contribution in [0.2, 0.25) is 0 Å². The quantitative estimate of drug-likeness (QED) is 0.803. The van der Waals surface area contributed by atoms with Gasteiger partial charge in [-0.05, 0) is 31.4 Å². The van der Waals surface area contributed by atoms with Crippen molar-refractivity contribution < 1.29 is 0 Å². The molecule has 1 saturated carbocycles. The molecular weight excluding hydrogens is 276 g/mol. The van der Waals surface area contributed by atoms with Crippen molar-refractivity contribution in [3.05, 3.63) is 30.2 Å². The van der Waals surface area contributed by atoms with E-state index in [1.807, 2.05) is 19.1 Å². The largest absolute Gasteiger partial charge is 0.393 e. The summed E-state index contributed by atoms with van der Waals surface area (Å²) in [4.78, 5) is 12.8. The van der Waals surface area contributed by atoms with Gasteiger partial charge >= 0.3 is 0 Å². The number of aryl methyl sites for hydroxylation is 1. The minimum atomic E-state index is 0.454. The van der Waals surface area contributed by atoms with E-state index in [0.717, 1.165) is 11.4 Å². The van der Waals surface area contributed by atoms with Crippen molar-refractivity contribution in [1.29, 1.82) is 0 Å². The normalized spacial score (nSPS) is 15.5. The molecule has 0 spiro atoms. The van der Waals surface area contributed by atoms with Crippen LogP contribution in [-0.4, -0.2) is 21.0 Å². The second-order valence-electron chi connectivity index (χ2n) is 5.76. The van der Waals surface area contributed by atoms with Crippen LogP contribution in [0.4, 0.5) is 23.1 Å². The predicted molar refractivity (Wildman–Crippen MR) is 89.2 cm³/mol. The first-order valence-corrected chi connectivity index (χ1v) is 7.79. The standard InChI is InChI=1S/C16H22N6/c1-11-6-5-9-18-14(11)22-16-13(17)15(19-10-20-16)21-12-7-3-2-4-8-12/h5-6,9-10,12H,2-4,7-8,17H2,1H3,(H2,18,19,20,21,22). The lowest BCUT2D eigenvalue weighted by molar-refractivity contribution is 0.462. The lowest BCUT2D eigenvalue weighted by atomic mass is 9.95. The van der Waals surface area contributed by atoms with Gasteiger partial charge in [0.05, 0.1) is 0 Å². The summed E-state index contributed by atoms with van der Waals surface area (Å²) in [5, 5.41) is 6.64. The molecule has 2 aromatic rings. The van der Waals surface area contributed by atoms with Crippen LogP contribution in [0, 0.1) is 6.92 Å². The Balaban J connectivity index is 1.78. The fourth-order valence-electron chi connectivity index (χ4n) is 2.78. The maximum Gasteiger partial charge on any atom is 0.160 e. The molecule has 0 aliphatic heterocycles. The van der Waals surface area contributed by atoms with Crippen molar-refractivity contribution in [1.82, 2.24) is 15.0 Å². The second kappa shape index (κ2) is 6.60. The summed E-state index contributed by atoms with van der Waals surface area (Å²) in [6, 6.07) is 4.35. The van der Waals surface area contributed by atoms with Gasteiger partial charge in [-0.3, -0.25) is 0 Å². The van der Waals surface area contributed by atoms with E-state index in [2.05, 4.69) is 25.6 Å². The molecule has 6 heteroatoms. The minimum Gasteiger partial charge on any atom is -0.393 e. The zero-order valence-corrected chi connectivity index (χ0v) is 12.8. The molecule has 1 aliphatic carbocycles.